The SMILES string of the molecule is OB(OCCCCCCCl)OCCCCCCCl. The molecule has 0 heterocycles. The molecule has 0 saturated heterocycles. The lowest BCUT2D eigenvalue weighted by atomic mass is 10.2. The van der Waals surface area contributed by atoms with E-state index >= 15 is 0 Å². The van der Waals surface area contributed by atoms with Gasteiger partial charge in [0.2, 0.25) is 0 Å². The van der Waals surface area contributed by atoms with Crippen LogP contribution in [-0.4, -0.2) is 37.3 Å². The fraction of sp³-hybridized carbons (Fsp3) is 1.00. The molecule has 3 nitrogen and oxygen atoms in total. The summed E-state index contributed by atoms with van der Waals surface area (Å²) in [5.74, 6) is 1.44. The third kappa shape index (κ3) is 14.6. The molecule has 1 N–H and O–H groups in total. The van der Waals surface area contributed by atoms with Crippen LogP contribution in [-0.2, 0) is 9.31 Å². The van der Waals surface area contributed by atoms with Gasteiger partial charge in [0.1, 0.15) is 0 Å². The molecule has 0 aromatic heterocycles. The first-order valence-corrected chi connectivity index (χ1v) is 7.91. The van der Waals surface area contributed by atoms with Crippen molar-refractivity contribution in [2.75, 3.05) is 25.0 Å². The summed E-state index contributed by atoms with van der Waals surface area (Å²) in [5.41, 5.74) is 0. The molecular formula is C12H25BCl2O3. The van der Waals surface area contributed by atoms with Gasteiger partial charge in [-0.15, -0.1) is 23.2 Å². The molecule has 6 heteroatoms. The van der Waals surface area contributed by atoms with Crippen molar-refractivity contribution in [3.63, 3.8) is 0 Å². The van der Waals surface area contributed by atoms with E-state index in [0.717, 1.165) is 63.1 Å². The quantitative estimate of drug-likeness (QED) is 0.302. The van der Waals surface area contributed by atoms with Gasteiger partial charge in [0.15, 0.2) is 0 Å². The van der Waals surface area contributed by atoms with Gasteiger partial charge in [0, 0.05) is 25.0 Å². The van der Waals surface area contributed by atoms with Crippen molar-refractivity contribution in [3.05, 3.63) is 0 Å². The van der Waals surface area contributed by atoms with E-state index in [1.165, 1.54) is 0 Å². The fourth-order valence-electron chi connectivity index (χ4n) is 1.52. The Morgan fingerprint density at radius 3 is 1.44 bits per heavy atom. The Morgan fingerprint density at radius 1 is 0.667 bits per heavy atom. The van der Waals surface area contributed by atoms with Crippen LogP contribution >= 0.6 is 23.2 Å². The second kappa shape index (κ2) is 15.6. The van der Waals surface area contributed by atoms with E-state index in [-0.39, 0.29) is 0 Å². The van der Waals surface area contributed by atoms with Gasteiger partial charge in [-0.05, 0) is 25.7 Å². The van der Waals surface area contributed by atoms with Gasteiger partial charge in [0.25, 0.3) is 0 Å². The normalized spacial score (nSPS) is 10.8. The summed E-state index contributed by atoms with van der Waals surface area (Å²) >= 11 is 11.1. The van der Waals surface area contributed by atoms with E-state index in [1.54, 1.807) is 0 Å². The highest BCUT2D eigenvalue weighted by Crippen LogP contribution is 2.03. The van der Waals surface area contributed by atoms with Crippen molar-refractivity contribution in [2.24, 2.45) is 0 Å². The van der Waals surface area contributed by atoms with Gasteiger partial charge in [-0.25, -0.2) is 0 Å². The van der Waals surface area contributed by atoms with Gasteiger partial charge in [-0.1, -0.05) is 25.7 Å². The molecule has 0 rings (SSSR count). The highest BCUT2D eigenvalue weighted by Gasteiger charge is 2.14. The van der Waals surface area contributed by atoms with Gasteiger partial charge in [-0.3, -0.25) is 0 Å². The third-order valence-corrected chi connectivity index (χ3v) is 3.11. The zero-order valence-electron chi connectivity index (χ0n) is 11.1. The molecular weight excluding hydrogens is 274 g/mol. The van der Waals surface area contributed by atoms with Crippen LogP contribution in [0.4, 0.5) is 0 Å². The van der Waals surface area contributed by atoms with Crippen molar-refractivity contribution >= 4 is 30.5 Å². The van der Waals surface area contributed by atoms with Crippen LogP contribution in [0.15, 0.2) is 0 Å². The second-order valence-corrected chi connectivity index (χ2v) is 5.01. The molecule has 18 heavy (non-hydrogen) atoms. The summed E-state index contributed by atoms with van der Waals surface area (Å²) in [7, 11) is -1.08. The second-order valence-electron chi connectivity index (χ2n) is 4.26. The zero-order chi connectivity index (χ0) is 13.5. The van der Waals surface area contributed by atoms with Crippen LogP contribution < -0.4 is 0 Å². The number of alkyl halides is 2. The predicted molar refractivity (Wildman–Crippen MR) is 78.3 cm³/mol. The summed E-state index contributed by atoms with van der Waals surface area (Å²) in [6.45, 7) is 1.07. The van der Waals surface area contributed by atoms with Crippen LogP contribution in [0.3, 0.4) is 0 Å². The predicted octanol–water partition coefficient (Wildman–Crippen LogP) is 3.60. The van der Waals surface area contributed by atoms with Crippen molar-refractivity contribution in [3.8, 4) is 0 Å². The van der Waals surface area contributed by atoms with Crippen LogP contribution in [0.5, 0.6) is 0 Å². The molecule has 0 unspecified atom stereocenters. The summed E-state index contributed by atoms with van der Waals surface area (Å²) in [5, 5.41) is 9.37. The minimum absolute atomic E-state index is 0.537. The lowest BCUT2D eigenvalue weighted by Crippen LogP contribution is -2.23. The highest BCUT2D eigenvalue weighted by atomic mass is 35.5. The first kappa shape index (κ1) is 18.5. The van der Waals surface area contributed by atoms with E-state index in [0.29, 0.717) is 13.2 Å². The molecule has 0 aromatic rings. The fourth-order valence-corrected chi connectivity index (χ4v) is 1.89. The number of rotatable bonds is 14. The Morgan fingerprint density at radius 2 is 1.06 bits per heavy atom. The Bertz CT molecular complexity index is 148. The molecule has 0 aromatic carbocycles. The molecule has 0 aliphatic rings. The lowest BCUT2D eigenvalue weighted by Gasteiger charge is -2.08. The highest BCUT2D eigenvalue weighted by molar-refractivity contribution is 6.34. The molecule has 0 saturated carbocycles. The van der Waals surface area contributed by atoms with Crippen molar-refractivity contribution in [1.29, 1.82) is 0 Å². The molecule has 0 spiro atoms. The van der Waals surface area contributed by atoms with Crippen LogP contribution in [0.2, 0.25) is 0 Å². The minimum Gasteiger partial charge on any atom is -0.402 e. The first-order valence-electron chi connectivity index (χ1n) is 6.84. The molecule has 0 amide bonds. The van der Waals surface area contributed by atoms with E-state index < -0.39 is 7.32 Å². The Balaban J connectivity index is 3.10. The standard InChI is InChI=1S/C12H25BCl2O3/c14-9-5-1-3-7-11-17-13(16)18-12-8-4-2-6-10-15/h16H,1-12H2. The van der Waals surface area contributed by atoms with Crippen LogP contribution in [0, 0.1) is 0 Å². The summed E-state index contributed by atoms with van der Waals surface area (Å²) in [6, 6.07) is 0. The number of halogens is 2. The molecule has 0 bridgehead atoms. The smallest absolute Gasteiger partial charge is 0.402 e. The van der Waals surface area contributed by atoms with E-state index in [2.05, 4.69) is 0 Å². The van der Waals surface area contributed by atoms with Gasteiger partial charge < -0.3 is 14.3 Å². The number of unbranched alkanes of at least 4 members (excludes halogenated alkanes) is 6. The summed E-state index contributed by atoms with van der Waals surface area (Å²) in [6.07, 6.45) is 8.36. The minimum atomic E-state index is -1.08. The summed E-state index contributed by atoms with van der Waals surface area (Å²) in [4.78, 5) is 0. The maximum atomic E-state index is 9.37. The largest absolute Gasteiger partial charge is 0.636 e. The average molecular weight is 299 g/mol. The van der Waals surface area contributed by atoms with Crippen molar-refractivity contribution in [2.45, 2.75) is 51.4 Å². The van der Waals surface area contributed by atoms with Crippen molar-refractivity contribution < 1.29 is 14.3 Å². The van der Waals surface area contributed by atoms with E-state index in [4.69, 9.17) is 32.5 Å². The van der Waals surface area contributed by atoms with Crippen LogP contribution in [0.25, 0.3) is 0 Å². The van der Waals surface area contributed by atoms with Gasteiger partial charge >= 0.3 is 7.32 Å². The molecule has 0 atom stereocenters. The monoisotopic (exact) mass is 298 g/mol. The molecule has 0 radical (unpaired) electrons. The van der Waals surface area contributed by atoms with Gasteiger partial charge in [0.05, 0.1) is 0 Å². The average Bonchev–Trinajstić information content (AvgIpc) is 2.38. The molecule has 0 aliphatic carbocycles. The Labute approximate surface area is 121 Å². The van der Waals surface area contributed by atoms with Gasteiger partial charge in [-0.2, -0.15) is 0 Å². The molecule has 0 aliphatic heterocycles. The Kier molecular flexibility index (Phi) is 16.0. The third-order valence-electron chi connectivity index (χ3n) is 2.58. The summed E-state index contributed by atoms with van der Waals surface area (Å²) < 4.78 is 10.3. The lowest BCUT2D eigenvalue weighted by molar-refractivity contribution is 0.128. The maximum absolute atomic E-state index is 9.37. The number of hydrogen-bond acceptors (Lipinski definition) is 3. The van der Waals surface area contributed by atoms with E-state index in [9.17, 15) is 5.02 Å². The maximum Gasteiger partial charge on any atom is 0.636 e. The van der Waals surface area contributed by atoms with Crippen molar-refractivity contribution in [1.82, 2.24) is 0 Å². The van der Waals surface area contributed by atoms with Crippen LogP contribution in [0.1, 0.15) is 51.4 Å². The van der Waals surface area contributed by atoms with E-state index in [1.807, 2.05) is 0 Å². The Hall–Kier alpha value is 0.525. The first-order chi connectivity index (χ1) is 8.81. The zero-order valence-corrected chi connectivity index (χ0v) is 12.6. The topological polar surface area (TPSA) is 38.7 Å². The molecule has 108 valence electrons. The number of hydrogen-bond donors (Lipinski definition) is 1. The molecule has 0 fully saturated rings.